The van der Waals surface area contributed by atoms with E-state index in [1.807, 2.05) is 0 Å². The number of hydrogen-bond acceptors (Lipinski definition) is 8. The van der Waals surface area contributed by atoms with Crippen LogP contribution in [0.15, 0.2) is 24.4 Å². The van der Waals surface area contributed by atoms with Crippen molar-refractivity contribution in [2.45, 2.75) is 31.1 Å². The number of sulfonamides is 1. The number of halogens is 6. The third-order valence-corrected chi connectivity index (χ3v) is 7.37. The molecule has 1 aliphatic heterocycles. The van der Waals surface area contributed by atoms with Crippen molar-refractivity contribution >= 4 is 32.5 Å². The van der Waals surface area contributed by atoms with Crippen LogP contribution in [0.1, 0.15) is 10.5 Å². The van der Waals surface area contributed by atoms with E-state index in [1.54, 1.807) is 0 Å². The Bertz CT molecular complexity index is 1780. The molecule has 0 radical (unpaired) electrons. The summed E-state index contributed by atoms with van der Waals surface area (Å²) in [7, 11) is -7.04. The van der Waals surface area contributed by atoms with E-state index >= 15 is 4.39 Å². The monoisotopic (exact) mass is 581 g/mol. The summed E-state index contributed by atoms with van der Waals surface area (Å²) in [6, 6.07) is 2.05. The van der Waals surface area contributed by atoms with Gasteiger partial charge < -0.3 is 10.1 Å². The molecule has 3 aromatic heterocycles. The minimum Gasteiger partial charge on any atom is -0.479 e. The second kappa shape index (κ2) is 9.22. The highest BCUT2D eigenvalue weighted by Gasteiger charge is 2.47. The minimum absolute atomic E-state index is 0.0346. The summed E-state index contributed by atoms with van der Waals surface area (Å²) in [5, 5.41) is 13.4. The molecule has 18 heteroatoms. The molecular formula is C21H20F6N8O3S. The first-order valence-corrected chi connectivity index (χ1v) is 12.9. The summed E-state index contributed by atoms with van der Waals surface area (Å²) in [5.74, 6) is -5.94. The SMILES string of the molecule is [2H]C([2H])([2H])Oc1nc(NC2CCN(S(C)(=O)=O)CC2(F)F)nn2cc(F)c(-c3ccc4nnn(CC(F)(F)F)c4c3)c12. The van der Waals surface area contributed by atoms with Crippen LogP contribution in [-0.2, 0) is 16.6 Å². The Balaban J connectivity index is 1.58. The van der Waals surface area contributed by atoms with Crippen LogP contribution in [0.3, 0.4) is 0 Å². The van der Waals surface area contributed by atoms with Gasteiger partial charge in [-0.05, 0) is 24.1 Å². The van der Waals surface area contributed by atoms with Crippen LogP contribution in [0.2, 0.25) is 0 Å². The minimum atomic E-state index is -4.64. The average molecular weight is 582 g/mol. The molecule has 11 nitrogen and oxygen atoms in total. The fraction of sp³-hybridized carbons (Fsp3) is 0.429. The Morgan fingerprint density at radius 2 is 2.08 bits per heavy atom. The first-order chi connectivity index (χ1) is 19.3. The van der Waals surface area contributed by atoms with Crippen LogP contribution in [0.25, 0.3) is 27.7 Å². The van der Waals surface area contributed by atoms with E-state index in [-0.39, 0.29) is 40.6 Å². The van der Waals surface area contributed by atoms with Crippen LogP contribution < -0.4 is 10.1 Å². The quantitative estimate of drug-likeness (QED) is 0.346. The summed E-state index contributed by atoms with van der Waals surface area (Å²) in [4.78, 5) is 3.90. The number of aromatic nitrogens is 6. The number of hydrogen-bond donors (Lipinski definition) is 1. The van der Waals surface area contributed by atoms with Gasteiger partial charge in [-0.2, -0.15) is 22.5 Å². The van der Waals surface area contributed by atoms with Gasteiger partial charge in [0.25, 0.3) is 5.92 Å². The van der Waals surface area contributed by atoms with Gasteiger partial charge in [0.05, 0.1) is 47.3 Å². The number of anilines is 1. The summed E-state index contributed by atoms with van der Waals surface area (Å²) < 4.78 is 137. The van der Waals surface area contributed by atoms with Gasteiger partial charge in [0.15, 0.2) is 5.82 Å². The largest absolute Gasteiger partial charge is 0.479 e. The van der Waals surface area contributed by atoms with Crippen molar-refractivity contribution in [1.82, 2.24) is 33.9 Å². The Kier molecular flexibility index (Phi) is 5.49. The molecule has 0 bridgehead atoms. The lowest BCUT2D eigenvalue weighted by atomic mass is 10.0. The fourth-order valence-electron chi connectivity index (χ4n) is 4.36. The Labute approximate surface area is 220 Å². The molecule has 0 saturated carbocycles. The number of nitrogens with zero attached hydrogens (tertiary/aromatic N) is 7. The number of ether oxygens (including phenoxy) is 1. The van der Waals surface area contributed by atoms with Crippen molar-refractivity contribution in [3.05, 3.63) is 30.2 Å². The Morgan fingerprint density at radius 3 is 2.74 bits per heavy atom. The standard InChI is InChI=1S/C21H20F6N8O3S/c1-38-18-17-16(11-3-4-13-14(7-11)35(32-30-13)10-21(25,26)27)12(22)8-34(17)31-19(29-18)28-15-5-6-33(39(2,36)37)9-20(15,23)24/h3-4,7-8,15H,5-6,9-10H2,1-2H3,(H,28,31)/i1D3. The lowest BCUT2D eigenvalue weighted by Crippen LogP contribution is -2.55. The molecule has 1 aromatic carbocycles. The molecule has 1 fully saturated rings. The van der Waals surface area contributed by atoms with Crippen molar-refractivity contribution in [2.24, 2.45) is 0 Å². The van der Waals surface area contributed by atoms with E-state index in [0.717, 1.165) is 23.0 Å². The molecule has 1 saturated heterocycles. The molecule has 1 aliphatic rings. The van der Waals surface area contributed by atoms with Gasteiger partial charge >= 0.3 is 6.18 Å². The van der Waals surface area contributed by atoms with Crippen molar-refractivity contribution in [3.63, 3.8) is 0 Å². The van der Waals surface area contributed by atoms with Crippen LogP contribution in [0, 0.1) is 5.82 Å². The zero-order valence-electron chi connectivity index (χ0n) is 22.7. The molecule has 1 N–H and O–H groups in total. The van der Waals surface area contributed by atoms with Gasteiger partial charge in [-0.1, -0.05) is 11.3 Å². The predicted molar refractivity (Wildman–Crippen MR) is 125 cm³/mol. The number of methoxy groups -OCH3 is 1. The number of fused-ring (bicyclic) bond motifs is 2. The first kappa shape index (κ1) is 23.2. The van der Waals surface area contributed by atoms with Crippen molar-refractivity contribution < 1.29 is 43.6 Å². The van der Waals surface area contributed by atoms with Crippen molar-refractivity contribution in [1.29, 1.82) is 0 Å². The van der Waals surface area contributed by atoms with E-state index in [9.17, 15) is 30.4 Å². The number of alkyl halides is 5. The van der Waals surface area contributed by atoms with Crippen LogP contribution in [0.4, 0.5) is 32.3 Å². The van der Waals surface area contributed by atoms with E-state index in [2.05, 4.69) is 25.7 Å². The Morgan fingerprint density at radius 1 is 1.31 bits per heavy atom. The van der Waals surface area contributed by atoms with Gasteiger partial charge in [-0.3, -0.25) is 0 Å². The highest BCUT2D eigenvalue weighted by Crippen LogP contribution is 2.36. The topological polar surface area (TPSA) is 120 Å². The van der Waals surface area contributed by atoms with Crippen LogP contribution in [-0.4, -0.2) is 86.8 Å². The molecule has 0 spiro atoms. The maximum Gasteiger partial charge on any atom is 0.408 e. The second-order valence-corrected chi connectivity index (χ2v) is 10.9. The number of nitrogens with one attached hydrogen (secondary N) is 1. The van der Waals surface area contributed by atoms with Gasteiger partial charge in [0.1, 0.15) is 17.6 Å². The first-order valence-electron chi connectivity index (χ1n) is 12.6. The third kappa shape index (κ3) is 5.17. The van der Waals surface area contributed by atoms with Crippen molar-refractivity contribution in [2.75, 3.05) is 31.7 Å². The molecule has 0 amide bonds. The summed E-state index contributed by atoms with van der Waals surface area (Å²) in [5.41, 5.74) is -0.788. The zero-order chi connectivity index (χ0) is 30.8. The summed E-state index contributed by atoms with van der Waals surface area (Å²) in [6.45, 7) is -2.86. The van der Waals surface area contributed by atoms with Gasteiger partial charge in [-0.15, -0.1) is 10.2 Å². The zero-order valence-corrected chi connectivity index (χ0v) is 20.6. The van der Waals surface area contributed by atoms with Gasteiger partial charge in [0.2, 0.25) is 21.9 Å². The number of piperidine rings is 1. The van der Waals surface area contributed by atoms with Gasteiger partial charge in [-0.25, -0.2) is 30.8 Å². The molecule has 39 heavy (non-hydrogen) atoms. The van der Waals surface area contributed by atoms with E-state index < -0.39 is 65.9 Å². The highest BCUT2D eigenvalue weighted by molar-refractivity contribution is 7.88. The third-order valence-electron chi connectivity index (χ3n) is 6.12. The van der Waals surface area contributed by atoms with Crippen LogP contribution in [0.5, 0.6) is 5.88 Å². The van der Waals surface area contributed by atoms with E-state index in [0.29, 0.717) is 8.99 Å². The number of benzene rings is 1. The predicted octanol–water partition coefficient (Wildman–Crippen LogP) is 2.93. The lowest BCUT2D eigenvalue weighted by molar-refractivity contribution is -0.142. The highest BCUT2D eigenvalue weighted by atomic mass is 32.2. The lowest BCUT2D eigenvalue weighted by Gasteiger charge is -2.37. The maximum absolute atomic E-state index is 15.4. The molecule has 1 atom stereocenters. The average Bonchev–Trinajstić information content (AvgIpc) is 3.37. The van der Waals surface area contributed by atoms with Gasteiger partial charge in [0, 0.05) is 6.54 Å². The molecule has 4 aromatic rings. The normalized spacial score (nSPS) is 20.1. The maximum atomic E-state index is 15.4. The molecule has 0 aliphatic carbocycles. The Hall–Kier alpha value is -3.67. The molecule has 4 heterocycles. The molecule has 210 valence electrons. The van der Waals surface area contributed by atoms with E-state index in [1.165, 1.54) is 12.1 Å². The van der Waals surface area contributed by atoms with E-state index in [4.69, 9.17) is 8.85 Å². The second-order valence-electron chi connectivity index (χ2n) is 8.90. The summed E-state index contributed by atoms with van der Waals surface area (Å²) >= 11 is 0. The smallest absolute Gasteiger partial charge is 0.408 e. The summed E-state index contributed by atoms with van der Waals surface area (Å²) in [6.07, 6.45) is -3.44. The molecule has 5 rings (SSSR count). The fourth-order valence-corrected chi connectivity index (χ4v) is 5.20. The van der Waals surface area contributed by atoms with Crippen LogP contribution >= 0.6 is 0 Å². The number of rotatable bonds is 6. The van der Waals surface area contributed by atoms with Crippen molar-refractivity contribution in [3.8, 4) is 17.0 Å². The molecule has 1 unspecified atom stereocenters. The molecular weight excluding hydrogens is 558 g/mol.